The predicted octanol–water partition coefficient (Wildman–Crippen LogP) is 1.96. The van der Waals surface area contributed by atoms with E-state index in [0.29, 0.717) is 29.6 Å². The summed E-state index contributed by atoms with van der Waals surface area (Å²) < 4.78 is 33.8. The number of nitrogens with one attached hydrogen (secondary N) is 1. The van der Waals surface area contributed by atoms with E-state index in [2.05, 4.69) is 20.8 Å². The molecule has 1 saturated carbocycles. The van der Waals surface area contributed by atoms with Crippen molar-refractivity contribution in [3.05, 3.63) is 40.8 Å². The highest BCUT2D eigenvalue weighted by molar-refractivity contribution is 7.89. The second-order valence-corrected chi connectivity index (χ2v) is 10.4. The maximum atomic E-state index is 13.6. The number of hydrogen-bond donors (Lipinski definition) is 1. The first-order valence-electron chi connectivity index (χ1n) is 10.3. The van der Waals surface area contributed by atoms with Crippen molar-refractivity contribution >= 4 is 27.6 Å². The highest BCUT2D eigenvalue weighted by Gasteiger charge is 2.44. The molecular weight excluding hydrogens is 430 g/mol. The van der Waals surface area contributed by atoms with E-state index in [9.17, 15) is 13.2 Å². The van der Waals surface area contributed by atoms with Crippen LogP contribution in [0.4, 0.5) is 5.69 Å². The van der Waals surface area contributed by atoms with Gasteiger partial charge in [0.2, 0.25) is 16.0 Å². The van der Waals surface area contributed by atoms with Crippen LogP contribution in [-0.4, -0.2) is 48.5 Å². The van der Waals surface area contributed by atoms with Gasteiger partial charge < -0.3 is 4.52 Å². The molecule has 1 fully saturated rings. The van der Waals surface area contributed by atoms with Gasteiger partial charge in [0.1, 0.15) is 11.8 Å². The van der Waals surface area contributed by atoms with Crippen LogP contribution in [0.2, 0.25) is 0 Å². The molecule has 0 unspecified atom stereocenters. The zero-order chi connectivity index (χ0) is 22.8. The molecule has 166 valence electrons. The molecule has 3 aliphatic rings. The van der Waals surface area contributed by atoms with Gasteiger partial charge in [-0.25, -0.2) is 18.1 Å². The van der Waals surface area contributed by atoms with Crippen molar-refractivity contribution in [2.45, 2.75) is 56.6 Å². The van der Waals surface area contributed by atoms with Crippen LogP contribution in [0.5, 0.6) is 0 Å². The highest BCUT2D eigenvalue weighted by atomic mass is 32.2. The number of fused-ring (bicyclic) bond motifs is 3. The van der Waals surface area contributed by atoms with Gasteiger partial charge in [-0.05, 0) is 51.8 Å². The minimum absolute atomic E-state index is 0.0480. The molecule has 5 rings (SSSR count). The Balaban J connectivity index is 1.59. The summed E-state index contributed by atoms with van der Waals surface area (Å²) in [5, 5.41) is 3.97. The Labute approximate surface area is 186 Å². The number of terminal acetylenes is 1. The first-order valence-corrected chi connectivity index (χ1v) is 11.8. The van der Waals surface area contributed by atoms with Gasteiger partial charge >= 0.3 is 0 Å². The first kappa shape index (κ1) is 20.7. The van der Waals surface area contributed by atoms with Crippen molar-refractivity contribution in [3.8, 4) is 12.3 Å². The highest BCUT2D eigenvalue weighted by Crippen LogP contribution is 2.38. The van der Waals surface area contributed by atoms with Crippen LogP contribution < -0.4 is 9.62 Å². The Morgan fingerprint density at radius 3 is 2.72 bits per heavy atom. The van der Waals surface area contributed by atoms with Crippen molar-refractivity contribution < 1.29 is 17.7 Å². The van der Waals surface area contributed by atoms with E-state index in [1.165, 1.54) is 17.0 Å². The lowest BCUT2D eigenvalue weighted by Gasteiger charge is -2.37. The molecule has 1 aromatic carbocycles. The van der Waals surface area contributed by atoms with Gasteiger partial charge in [0.05, 0.1) is 34.9 Å². The number of nitrogens with zero attached hydrogens (tertiary/aromatic N) is 4. The quantitative estimate of drug-likeness (QED) is 0.694. The van der Waals surface area contributed by atoms with E-state index in [1.807, 2.05) is 18.7 Å². The molecule has 1 N–H and O–H groups in total. The van der Waals surface area contributed by atoms with Crippen LogP contribution in [0.3, 0.4) is 0 Å². The molecule has 2 aromatic rings. The van der Waals surface area contributed by atoms with E-state index in [-0.39, 0.29) is 29.0 Å². The molecule has 2 aliphatic heterocycles. The summed E-state index contributed by atoms with van der Waals surface area (Å²) in [6, 6.07) is 4.20. The van der Waals surface area contributed by atoms with Gasteiger partial charge in [0.15, 0.2) is 0 Å². The summed E-state index contributed by atoms with van der Waals surface area (Å²) >= 11 is 0. The average Bonchev–Trinajstić information content (AvgIpc) is 3.17. The number of aliphatic imine (C=N–C) groups is 1. The fourth-order valence-electron chi connectivity index (χ4n) is 4.08. The number of rotatable bonds is 5. The summed E-state index contributed by atoms with van der Waals surface area (Å²) in [6.45, 7) is 5.99. The van der Waals surface area contributed by atoms with Crippen molar-refractivity contribution in [1.29, 1.82) is 0 Å². The van der Waals surface area contributed by atoms with E-state index < -0.39 is 15.6 Å². The van der Waals surface area contributed by atoms with Gasteiger partial charge in [-0.15, -0.1) is 6.42 Å². The minimum Gasteiger partial charge on any atom is -0.361 e. The number of aryl methyl sites for hydroxylation is 2. The molecule has 1 aliphatic carbocycles. The summed E-state index contributed by atoms with van der Waals surface area (Å²) in [5.41, 5.74) is 1.86. The number of guanidine groups is 1. The largest absolute Gasteiger partial charge is 0.361 e. The lowest BCUT2D eigenvalue weighted by molar-refractivity contribution is 0.0832. The van der Waals surface area contributed by atoms with Crippen molar-refractivity contribution in [2.75, 3.05) is 11.4 Å². The fourth-order valence-corrected chi connectivity index (χ4v) is 5.58. The third-order valence-electron chi connectivity index (χ3n) is 6.26. The van der Waals surface area contributed by atoms with E-state index in [4.69, 9.17) is 10.9 Å². The van der Waals surface area contributed by atoms with Gasteiger partial charge in [0, 0.05) is 11.1 Å². The maximum absolute atomic E-state index is 13.6. The first-order chi connectivity index (χ1) is 15.1. The van der Waals surface area contributed by atoms with E-state index in [1.54, 1.807) is 13.0 Å². The number of carbonyl (C=O) groups excluding carboxylic acids is 1. The van der Waals surface area contributed by atoms with Gasteiger partial charge in [-0.2, -0.15) is 0 Å². The molecule has 32 heavy (non-hydrogen) atoms. The number of carbonyl (C=O) groups is 1. The Morgan fingerprint density at radius 1 is 1.34 bits per heavy atom. The van der Waals surface area contributed by atoms with Gasteiger partial charge in [-0.3, -0.25) is 14.6 Å². The molecule has 0 saturated heterocycles. The monoisotopic (exact) mass is 453 g/mol. The Hall–Kier alpha value is -3.16. The lowest BCUT2D eigenvalue weighted by Crippen LogP contribution is -2.52. The molecule has 9 nitrogen and oxygen atoms in total. The smallest absolute Gasteiger partial charge is 0.263 e. The number of hydrogen-bond acceptors (Lipinski definition) is 7. The zero-order valence-corrected chi connectivity index (χ0v) is 18.9. The number of benzene rings is 1. The number of sulfonamides is 1. The Kier molecular flexibility index (Phi) is 4.48. The van der Waals surface area contributed by atoms with E-state index >= 15 is 0 Å². The molecule has 0 spiro atoms. The molecule has 0 bridgehead atoms. The summed E-state index contributed by atoms with van der Waals surface area (Å²) in [6.07, 6.45) is 7.32. The number of amides is 1. The van der Waals surface area contributed by atoms with Crippen LogP contribution in [0, 0.1) is 26.2 Å². The fraction of sp³-hybridized carbons (Fsp3) is 0.409. The van der Waals surface area contributed by atoms with Gasteiger partial charge in [0.25, 0.3) is 5.91 Å². The summed E-state index contributed by atoms with van der Waals surface area (Å²) in [4.78, 5) is 21.5. The summed E-state index contributed by atoms with van der Waals surface area (Å²) in [7, 11) is -3.77. The standard InChI is InChI=1S/C22H23N5O4S/c1-5-15-11-23-21-26(12-18-13(2)24-31-14(18)3)20(28)17-10-16(6-7-19(17)27(15)21)32(29,30)25-22(4)8-9-22/h1,6-7,10,15,25H,8-9,11-12H2,2-4H3/t15-/m1/s1. The molecule has 1 atom stereocenters. The van der Waals surface area contributed by atoms with Crippen LogP contribution in [-0.2, 0) is 16.6 Å². The average molecular weight is 454 g/mol. The van der Waals surface area contributed by atoms with Crippen molar-refractivity contribution in [2.24, 2.45) is 4.99 Å². The topological polar surface area (TPSA) is 108 Å². The maximum Gasteiger partial charge on any atom is 0.263 e. The van der Waals surface area contributed by atoms with Crippen molar-refractivity contribution in [1.82, 2.24) is 14.8 Å². The molecule has 3 heterocycles. The molecular formula is C22H23N5O4S. The van der Waals surface area contributed by atoms with Crippen LogP contribution in [0.15, 0.2) is 32.6 Å². The van der Waals surface area contributed by atoms with Crippen molar-refractivity contribution in [3.63, 3.8) is 0 Å². The summed E-state index contributed by atoms with van der Waals surface area (Å²) in [5.74, 6) is 3.43. The normalized spacial score (nSPS) is 21.1. The second-order valence-electron chi connectivity index (χ2n) is 8.73. The molecule has 0 radical (unpaired) electrons. The Morgan fingerprint density at radius 2 is 2.09 bits per heavy atom. The van der Waals surface area contributed by atoms with Crippen LogP contribution >= 0.6 is 0 Å². The van der Waals surface area contributed by atoms with Gasteiger partial charge in [-0.1, -0.05) is 11.1 Å². The molecule has 10 heteroatoms. The lowest BCUT2D eigenvalue weighted by atomic mass is 10.1. The SMILES string of the molecule is C#C[C@@H]1CN=C2N(Cc3c(C)noc3C)C(=O)c3cc(S(=O)(=O)NC4(C)CC4)ccc3N21. The Bertz CT molecular complexity index is 1300. The number of anilines is 1. The molecule has 1 aromatic heterocycles. The zero-order valence-electron chi connectivity index (χ0n) is 18.0. The third-order valence-corrected chi connectivity index (χ3v) is 7.89. The minimum atomic E-state index is -3.77. The third kappa shape index (κ3) is 3.20. The van der Waals surface area contributed by atoms with E-state index in [0.717, 1.165) is 18.4 Å². The van der Waals surface area contributed by atoms with Crippen LogP contribution in [0.1, 0.15) is 47.1 Å². The predicted molar refractivity (Wildman–Crippen MR) is 118 cm³/mol. The number of aromatic nitrogens is 1. The molecule has 1 amide bonds. The second kappa shape index (κ2) is 6.92. The van der Waals surface area contributed by atoms with Crippen LogP contribution in [0.25, 0.3) is 0 Å².